The fraction of sp³-hybridized carbons (Fsp3) is 0.406. The number of benzene rings is 2. The molecule has 1 aliphatic carbocycles. The van der Waals surface area contributed by atoms with Gasteiger partial charge in [0.1, 0.15) is 23.6 Å². The normalized spacial score (nSPS) is 15.9. The molecule has 0 bridgehead atoms. The van der Waals surface area contributed by atoms with Gasteiger partial charge in [0, 0.05) is 44.2 Å². The third-order valence-electron chi connectivity index (χ3n) is 7.36. The first-order valence-electron chi connectivity index (χ1n) is 14.8. The average molecular weight is 588 g/mol. The van der Waals surface area contributed by atoms with Crippen molar-refractivity contribution >= 4 is 18.0 Å². The second-order valence-electron chi connectivity index (χ2n) is 10.5. The highest BCUT2D eigenvalue weighted by molar-refractivity contribution is 5.97. The molecule has 1 atom stereocenters. The van der Waals surface area contributed by atoms with Crippen LogP contribution in [-0.2, 0) is 16.0 Å². The zero-order valence-corrected chi connectivity index (χ0v) is 24.3. The Kier molecular flexibility index (Phi) is 10.2. The van der Waals surface area contributed by atoms with Gasteiger partial charge < -0.3 is 29.7 Å². The van der Waals surface area contributed by atoms with E-state index >= 15 is 0 Å². The molecule has 2 N–H and O–H groups in total. The number of hydrogen-bond acceptors (Lipinski definition) is 9. The number of carbonyl (C=O) groups excluding carboxylic acids is 3. The molecule has 1 saturated heterocycles. The summed E-state index contributed by atoms with van der Waals surface area (Å²) in [5.41, 5.74) is 1.48. The van der Waals surface area contributed by atoms with Crippen molar-refractivity contribution in [2.24, 2.45) is 0 Å². The molecule has 11 heteroatoms. The minimum Gasteiger partial charge on any atom is -0.494 e. The number of esters is 1. The van der Waals surface area contributed by atoms with Gasteiger partial charge in [0.2, 0.25) is 5.88 Å². The maximum absolute atomic E-state index is 13.7. The summed E-state index contributed by atoms with van der Waals surface area (Å²) in [4.78, 5) is 50.4. The number of nitrogens with zero attached hydrogens (tertiary/aromatic N) is 3. The van der Waals surface area contributed by atoms with Crippen LogP contribution in [0.25, 0.3) is 11.4 Å². The van der Waals surface area contributed by atoms with Gasteiger partial charge in [-0.2, -0.15) is 4.98 Å². The molecule has 2 aromatic carbocycles. The van der Waals surface area contributed by atoms with Crippen molar-refractivity contribution in [3.05, 3.63) is 71.9 Å². The van der Waals surface area contributed by atoms with Crippen LogP contribution in [0.1, 0.15) is 48.7 Å². The van der Waals surface area contributed by atoms with Crippen molar-refractivity contribution in [3.63, 3.8) is 0 Å². The third kappa shape index (κ3) is 8.29. The lowest BCUT2D eigenvalue weighted by molar-refractivity contribution is -0.140. The van der Waals surface area contributed by atoms with Gasteiger partial charge in [0.05, 0.1) is 6.61 Å². The van der Waals surface area contributed by atoms with Gasteiger partial charge in [-0.05, 0) is 50.3 Å². The van der Waals surface area contributed by atoms with Crippen molar-refractivity contribution in [3.8, 4) is 23.0 Å². The molecule has 0 radical (unpaired) electrons. The monoisotopic (exact) mass is 587 g/mol. The zero-order chi connectivity index (χ0) is 30.0. The molecule has 1 aliphatic heterocycles. The van der Waals surface area contributed by atoms with Gasteiger partial charge in [-0.25, -0.2) is 14.6 Å². The number of carbonyl (C=O) groups is 3. The molecule has 1 aromatic heterocycles. The molecular weight excluding hydrogens is 550 g/mol. The molecule has 2 fully saturated rings. The van der Waals surface area contributed by atoms with E-state index in [4.69, 9.17) is 14.2 Å². The Hall–Kier alpha value is -4.51. The van der Waals surface area contributed by atoms with Crippen molar-refractivity contribution in [1.82, 2.24) is 25.5 Å². The number of aromatic nitrogens is 2. The second-order valence-corrected chi connectivity index (χ2v) is 10.5. The summed E-state index contributed by atoms with van der Waals surface area (Å²) in [6.45, 7) is 4.42. The smallest absolute Gasteiger partial charge is 0.417 e. The zero-order valence-electron chi connectivity index (χ0n) is 24.3. The molecule has 1 saturated carbocycles. The van der Waals surface area contributed by atoms with Crippen LogP contribution in [0.4, 0.5) is 4.79 Å². The number of nitrogens with one attached hydrogen (secondary N) is 2. The van der Waals surface area contributed by atoms with E-state index in [2.05, 4.69) is 20.6 Å². The van der Waals surface area contributed by atoms with Gasteiger partial charge in [-0.15, -0.1) is 0 Å². The molecule has 3 aromatic rings. The van der Waals surface area contributed by atoms with E-state index in [0.717, 1.165) is 36.8 Å². The number of rotatable bonds is 10. The van der Waals surface area contributed by atoms with Crippen LogP contribution in [0.3, 0.4) is 0 Å². The van der Waals surface area contributed by atoms with Crippen molar-refractivity contribution < 1.29 is 28.6 Å². The van der Waals surface area contributed by atoms with Gasteiger partial charge in [-0.1, -0.05) is 42.5 Å². The second kappa shape index (κ2) is 14.6. The molecule has 1 unspecified atom stereocenters. The Labute approximate surface area is 250 Å². The predicted octanol–water partition coefficient (Wildman–Crippen LogP) is 3.77. The lowest BCUT2D eigenvalue weighted by Crippen LogP contribution is -2.49. The molecule has 226 valence electrons. The Morgan fingerprint density at radius 3 is 2.51 bits per heavy atom. The number of amides is 2. The molecular formula is C32H37N5O6. The van der Waals surface area contributed by atoms with E-state index in [9.17, 15) is 14.4 Å². The van der Waals surface area contributed by atoms with Crippen molar-refractivity contribution in [2.45, 2.75) is 51.2 Å². The van der Waals surface area contributed by atoms with Gasteiger partial charge >= 0.3 is 12.1 Å². The summed E-state index contributed by atoms with van der Waals surface area (Å²) < 4.78 is 17.0. The third-order valence-corrected chi connectivity index (χ3v) is 7.36. The van der Waals surface area contributed by atoms with Crippen LogP contribution in [0.5, 0.6) is 11.6 Å². The first kappa shape index (κ1) is 30.0. The molecule has 5 rings (SSSR count). The maximum Gasteiger partial charge on any atom is 0.417 e. The largest absolute Gasteiger partial charge is 0.494 e. The Bertz CT molecular complexity index is 1410. The standard InChI is InChI=1S/C32H37N5O6/c1-2-41-25-14-8-9-22(19-25)20-27(31(39)43-32(40)37-17-15-33-16-18-37)35-30(38)26-21-28(42-24-12-6-7-13-24)36-29(34-26)23-10-4-3-5-11-23/h3-5,8-11,14,19,21,24,27,33H,2,6-7,12-13,15-18,20H2,1H3,(H,35,38). The number of hydrogen-bond donors (Lipinski definition) is 2. The minimum absolute atomic E-state index is 0.0192. The summed E-state index contributed by atoms with van der Waals surface area (Å²) >= 11 is 0. The predicted molar refractivity (Wildman–Crippen MR) is 159 cm³/mol. The highest BCUT2D eigenvalue weighted by Crippen LogP contribution is 2.25. The quantitative estimate of drug-likeness (QED) is 0.269. The van der Waals surface area contributed by atoms with Crippen LogP contribution < -0.4 is 20.1 Å². The lowest BCUT2D eigenvalue weighted by Gasteiger charge is -2.27. The first-order valence-corrected chi connectivity index (χ1v) is 14.8. The summed E-state index contributed by atoms with van der Waals surface area (Å²) in [7, 11) is 0. The summed E-state index contributed by atoms with van der Waals surface area (Å²) in [6.07, 6.45) is 3.35. The summed E-state index contributed by atoms with van der Waals surface area (Å²) in [5, 5.41) is 5.91. The lowest BCUT2D eigenvalue weighted by atomic mass is 10.1. The molecule has 11 nitrogen and oxygen atoms in total. The first-order chi connectivity index (χ1) is 21.0. The van der Waals surface area contributed by atoms with Gasteiger partial charge in [-0.3, -0.25) is 4.79 Å². The van der Waals surface area contributed by atoms with E-state index in [1.807, 2.05) is 49.4 Å². The highest BCUT2D eigenvalue weighted by atomic mass is 16.6. The van der Waals surface area contributed by atoms with E-state index in [1.54, 1.807) is 12.1 Å². The molecule has 2 amide bonds. The Morgan fingerprint density at radius 1 is 1.00 bits per heavy atom. The number of ether oxygens (including phenoxy) is 3. The van der Waals surface area contributed by atoms with E-state index < -0.39 is 24.0 Å². The molecule has 2 aliphatic rings. The van der Waals surface area contributed by atoms with Crippen molar-refractivity contribution in [2.75, 3.05) is 32.8 Å². The molecule has 43 heavy (non-hydrogen) atoms. The van der Waals surface area contributed by atoms with Crippen LogP contribution in [0.15, 0.2) is 60.7 Å². The topological polar surface area (TPSA) is 132 Å². The summed E-state index contributed by atoms with van der Waals surface area (Å²) in [6, 6.07) is 16.8. The Balaban J connectivity index is 1.40. The fourth-order valence-electron chi connectivity index (χ4n) is 5.15. The summed E-state index contributed by atoms with van der Waals surface area (Å²) in [5.74, 6) is -0.221. The van der Waals surface area contributed by atoms with E-state index in [0.29, 0.717) is 50.2 Å². The van der Waals surface area contributed by atoms with Gasteiger partial charge in [0.15, 0.2) is 5.82 Å². The maximum atomic E-state index is 13.7. The fourth-order valence-corrected chi connectivity index (χ4v) is 5.15. The molecule has 2 heterocycles. The van der Waals surface area contributed by atoms with Crippen LogP contribution in [0.2, 0.25) is 0 Å². The van der Waals surface area contributed by atoms with E-state index in [1.165, 1.54) is 11.0 Å². The highest BCUT2D eigenvalue weighted by Gasteiger charge is 2.29. The van der Waals surface area contributed by atoms with Crippen LogP contribution in [0, 0.1) is 0 Å². The Morgan fingerprint density at radius 2 is 1.77 bits per heavy atom. The number of piperazine rings is 1. The van der Waals surface area contributed by atoms with E-state index in [-0.39, 0.29) is 18.2 Å². The minimum atomic E-state index is -1.18. The average Bonchev–Trinajstić information content (AvgIpc) is 3.55. The van der Waals surface area contributed by atoms with Crippen LogP contribution >= 0.6 is 0 Å². The SMILES string of the molecule is CCOc1cccc(CC(NC(=O)c2cc(OC3CCCC3)nc(-c3ccccc3)n2)C(=O)OC(=O)N2CCNCC2)c1. The van der Waals surface area contributed by atoms with Crippen molar-refractivity contribution in [1.29, 1.82) is 0 Å². The van der Waals surface area contributed by atoms with Crippen LogP contribution in [-0.4, -0.2) is 77.8 Å². The van der Waals surface area contributed by atoms with Gasteiger partial charge in [0.25, 0.3) is 5.91 Å². The molecule has 0 spiro atoms.